The van der Waals surface area contributed by atoms with Gasteiger partial charge in [-0.15, -0.1) is 24.8 Å². The van der Waals surface area contributed by atoms with Crippen LogP contribution in [0.25, 0.3) is 0 Å². The molecule has 0 unspecified atom stereocenters. The minimum atomic E-state index is 0. The van der Waals surface area contributed by atoms with Crippen LogP contribution in [-0.4, -0.2) is 17.6 Å². The summed E-state index contributed by atoms with van der Waals surface area (Å²) < 4.78 is 0. The average molecular weight is 252 g/mol. The van der Waals surface area contributed by atoms with E-state index < -0.39 is 0 Å². The molecule has 0 amide bonds. The van der Waals surface area contributed by atoms with E-state index in [2.05, 4.69) is 16.4 Å². The first-order chi connectivity index (χ1) is 6.29. The Kier molecular flexibility index (Phi) is 11.6. The van der Waals surface area contributed by atoms with Crippen LogP contribution in [0, 0.1) is 0 Å². The van der Waals surface area contributed by atoms with E-state index in [1.165, 1.54) is 5.56 Å². The second-order valence-electron chi connectivity index (χ2n) is 3.30. The molecule has 0 aliphatic rings. The van der Waals surface area contributed by atoms with Crippen molar-refractivity contribution >= 4 is 24.8 Å². The van der Waals surface area contributed by atoms with Crippen molar-refractivity contribution in [3.05, 3.63) is 30.1 Å². The highest BCUT2D eigenvalue weighted by molar-refractivity contribution is 5.85. The maximum absolute atomic E-state index is 5.62. The molecule has 0 saturated carbocycles. The molecule has 3 N–H and O–H groups in total. The molecule has 0 fully saturated rings. The van der Waals surface area contributed by atoms with Gasteiger partial charge in [-0.3, -0.25) is 4.98 Å². The van der Waals surface area contributed by atoms with Gasteiger partial charge in [-0.2, -0.15) is 0 Å². The van der Waals surface area contributed by atoms with Crippen LogP contribution in [0.1, 0.15) is 18.9 Å². The first kappa shape index (κ1) is 17.1. The van der Waals surface area contributed by atoms with Crippen molar-refractivity contribution in [1.82, 2.24) is 10.3 Å². The van der Waals surface area contributed by atoms with Gasteiger partial charge in [-0.05, 0) is 31.5 Å². The number of halogens is 2. The number of rotatable bonds is 5. The lowest BCUT2D eigenvalue weighted by molar-refractivity contribution is 0.588. The van der Waals surface area contributed by atoms with Crippen molar-refractivity contribution in [1.29, 1.82) is 0 Å². The van der Waals surface area contributed by atoms with Gasteiger partial charge < -0.3 is 11.1 Å². The molecule has 3 nitrogen and oxygen atoms in total. The van der Waals surface area contributed by atoms with Crippen molar-refractivity contribution in [3.63, 3.8) is 0 Å². The number of pyridine rings is 1. The lowest BCUT2D eigenvalue weighted by Gasteiger charge is -2.06. The van der Waals surface area contributed by atoms with Crippen LogP contribution in [0.15, 0.2) is 24.5 Å². The van der Waals surface area contributed by atoms with Gasteiger partial charge in [0, 0.05) is 25.0 Å². The fraction of sp³-hybridized carbons (Fsp3) is 0.500. The average Bonchev–Trinajstić information content (AvgIpc) is 2.14. The van der Waals surface area contributed by atoms with E-state index in [-0.39, 0.29) is 30.9 Å². The molecule has 0 saturated heterocycles. The van der Waals surface area contributed by atoms with Crippen LogP contribution in [0.3, 0.4) is 0 Å². The quantitative estimate of drug-likeness (QED) is 0.785. The van der Waals surface area contributed by atoms with Gasteiger partial charge in [0.15, 0.2) is 0 Å². The van der Waals surface area contributed by atoms with Gasteiger partial charge in [-0.1, -0.05) is 6.07 Å². The highest BCUT2D eigenvalue weighted by atomic mass is 35.5. The Morgan fingerprint density at radius 3 is 2.73 bits per heavy atom. The normalized spacial score (nSPS) is 11.1. The van der Waals surface area contributed by atoms with Crippen molar-refractivity contribution in [2.75, 3.05) is 6.54 Å². The maximum Gasteiger partial charge on any atom is 0.0312 e. The highest BCUT2D eigenvalue weighted by Crippen LogP contribution is 1.94. The van der Waals surface area contributed by atoms with Gasteiger partial charge >= 0.3 is 0 Å². The predicted octanol–water partition coefficient (Wildman–Crippen LogP) is 1.75. The Morgan fingerprint density at radius 1 is 1.47 bits per heavy atom. The number of aromatic nitrogens is 1. The molecule has 15 heavy (non-hydrogen) atoms. The number of nitrogens with two attached hydrogens (primary N) is 1. The first-order valence-electron chi connectivity index (χ1n) is 4.64. The third kappa shape index (κ3) is 8.63. The zero-order valence-corrected chi connectivity index (χ0v) is 10.5. The summed E-state index contributed by atoms with van der Waals surface area (Å²) in [5.74, 6) is 0. The standard InChI is InChI=1S/C10H17N3.2ClH/c1-9(11)4-6-13-8-10-3-2-5-12-7-10;;/h2-3,5,7,9,13H,4,6,8,11H2,1H3;2*1H/t9-;;/m0../s1. The summed E-state index contributed by atoms with van der Waals surface area (Å²) in [6.07, 6.45) is 4.67. The van der Waals surface area contributed by atoms with E-state index in [0.717, 1.165) is 19.5 Å². The lowest BCUT2D eigenvalue weighted by Crippen LogP contribution is -2.23. The number of hydrogen-bond donors (Lipinski definition) is 2. The smallest absolute Gasteiger partial charge is 0.0312 e. The Morgan fingerprint density at radius 2 is 2.20 bits per heavy atom. The zero-order valence-electron chi connectivity index (χ0n) is 8.85. The van der Waals surface area contributed by atoms with E-state index in [9.17, 15) is 0 Å². The Labute approximate surface area is 104 Å². The van der Waals surface area contributed by atoms with Crippen LogP contribution in [0.2, 0.25) is 0 Å². The summed E-state index contributed by atoms with van der Waals surface area (Å²) >= 11 is 0. The molecule has 1 heterocycles. The maximum atomic E-state index is 5.62. The fourth-order valence-corrected chi connectivity index (χ4v) is 1.07. The minimum Gasteiger partial charge on any atom is -0.328 e. The largest absolute Gasteiger partial charge is 0.328 e. The van der Waals surface area contributed by atoms with Crippen molar-refractivity contribution < 1.29 is 0 Å². The Balaban J connectivity index is 0. The second kappa shape index (κ2) is 10.2. The summed E-state index contributed by atoms with van der Waals surface area (Å²) in [4.78, 5) is 4.03. The van der Waals surface area contributed by atoms with Crippen molar-refractivity contribution in [2.24, 2.45) is 5.73 Å². The lowest BCUT2D eigenvalue weighted by atomic mass is 10.2. The summed E-state index contributed by atoms with van der Waals surface area (Å²) in [6, 6.07) is 4.29. The molecule has 0 aliphatic heterocycles. The van der Waals surface area contributed by atoms with E-state index >= 15 is 0 Å². The van der Waals surface area contributed by atoms with Crippen LogP contribution >= 0.6 is 24.8 Å². The van der Waals surface area contributed by atoms with Crippen molar-refractivity contribution in [3.8, 4) is 0 Å². The topological polar surface area (TPSA) is 50.9 Å². The molecule has 1 aromatic rings. The summed E-state index contributed by atoms with van der Waals surface area (Å²) in [7, 11) is 0. The van der Waals surface area contributed by atoms with Crippen LogP contribution in [0.4, 0.5) is 0 Å². The first-order valence-corrected chi connectivity index (χ1v) is 4.64. The molecule has 0 bridgehead atoms. The predicted molar refractivity (Wildman–Crippen MR) is 68.7 cm³/mol. The monoisotopic (exact) mass is 251 g/mol. The van der Waals surface area contributed by atoms with E-state index in [4.69, 9.17) is 5.73 Å². The fourth-order valence-electron chi connectivity index (χ4n) is 1.07. The molecular formula is C10H19Cl2N3. The molecule has 1 rings (SSSR count). The third-order valence-corrected chi connectivity index (χ3v) is 1.83. The molecule has 1 atom stereocenters. The molecule has 0 radical (unpaired) electrons. The minimum absolute atomic E-state index is 0. The highest BCUT2D eigenvalue weighted by Gasteiger charge is 1.94. The number of nitrogens with zero attached hydrogens (tertiary/aromatic N) is 1. The molecule has 0 aliphatic carbocycles. The van der Waals surface area contributed by atoms with Gasteiger partial charge in [0.25, 0.3) is 0 Å². The summed E-state index contributed by atoms with van der Waals surface area (Å²) in [5.41, 5.74) is 6.83. The molecule has 88 valence electrons. The van der Waals surface area contributed by atoms with Crippen LogP contribution < -0.4 is 11.1 Å². The summed E-state index contributed by atoms with van der Waals surface area (Å²) in [6.45, 7) is 3.86. The van der Waals surface area contributed by atoms with Gasteiger partial charge in [-0.25, -0.2) is 0 Å². The molecule has 5 heteroatoms. The Hall–Kier alpha value is -0.350. The van der Waals surface area contributed by atoms with Gasteiger partial charge in [0.1, 0.15) is 0 Å². The second-order valence-corrected chi connectivity index (χ2v) is 3.30. The molecule has 0 aromatic carbocycles. The molecule has 0 spiro atoms. The Bertz CT molecular complexity index is 229. The van der Waals surface area contributed by atoms with Crippen molar-refractivity contribution in [2.45, 2.75) is 25.9 Å². The van der Waals surface area contributed by atoms with E-state index in [1.807, 2.05) is 19.2 Å². The van der Waals surface area contributed by atoms with E-state index in [0.29, 0.717) is 0 Å². The third-order valence-electron chi connectivity index (χ3n) is 1.83. The summed E-state index contributed by atoms with van der Waals surface area (Å²) in [5, 5.41) is 3.31. The van der Waals surface area contributed by atoms with Gasteiger partial charge in [0.2, 0.25) is 0 Å². The molecule has 1 aromatic heterocycles. The number of hydrogen-bond acceptors (Lipinski definition) is 3. The zero-order chi connectivity index (χ0) is 9.52. The van der Waals surface area contributed by atoms with Gasteiger partial charge in [0.05, 0.1) is 0 Å². The number of nitrogens with one attached hydrogen (secondary N) is 1. The van der Waals surface area contributed by atoms with Crippen LogP contribution in [-0.2, 0) is 6.54 Å². The SMILES string of the molecule is C[C@H](N)CCNCc1cccnc1.Cl.Cl. The van der Waals surface area contributed by atoms with E-state index in [1.54, 1.807) is 6.20 Å². The molecular weight excluding hydrogens is 233 g/mol. The van der Waals surface area contributed by atoms with Crippen LogP contribution in [0.5, 0.6) is 0 Å².